The Morgan fingerprint density at radius 3 is 2.55 bits per heavy atom. The van der Waals surface area contributed by atoms with E-state index in [2.05, 4.69) is 15.9 Å². The lowest BCUT2D eigenvalue weighted by atomic mass is 10.2. The van der Waals surface area contributed by atoms with Gasteiger partial charge < -0.3 is 4.74 Å². The summed E-state index contributed by atoms with van der Waals surface area (Å²) >= 11 is 22.3. The summed E-state index contributed by atoms with van der Waals surface area (Å²) in [4.78, 5) is 12.7. The molecule has 7 heteroatoms. The molecule has 0 aliphatic heterocycles. The van der Waals surface area contributed by atoms with E-state index in [1.54, 1.807) is 31.2 Å². The van der Waals surface area contributed by atoms with Crippen LogP contribution in [0, 0.1) is 0 Å². The van der Waals surface area contributed by atoms with Crippen LogP contribution in [0.2, 0.25) is 14.4 Å². The second kappa shape index (κ2) is 6.67. The van der Waals surface area contributed by atoms with Gasteiger partial charge in [-0.3, -0.25) is 4.79 Å². The van der Waals surface area contributed by atoms with Crippen LogP contribution in [0.25, 0.3) is 0 Å². The molecule has 0 saturated carbocycles. The molecule has 1 unspecified atom stereocenters. The second-order valence-electron chi connectivity index (χ2n) is 3.92. The Kier molecular flexibility index (Phi) is 5.37. The summed E-state index contributed by atoms with van der Waals surface area (Å²) in [5.74, 6) is 0.209. The summed E-state index contributed by atoms with van der Waals surface area (Å²) in [6.45, 7) is 1.65. The van der Waals surface area contributed by atoms with Gasteiger partial charge in [0.2, 0.25) is 5.78 Å². The summed E-state index contributed by atoms with van der Waals surface area (Å²) in [5.41, 5.74) is 0. The molecule has 0 fully saturated rings. The van der Waals surface area contributed by atoms with Crippen molar-refractivity contribution >= 4 is 67.9 Å². The molecule has 0 N–H and O–H groups in total. The fourth-order valence-electron chi connectivity index (χ4n) is 1.49. The van der Waals surface area contributed by atoms with Gasteiger partial charge in [-0.1, -0.05) is 34.8 Å². The summed E-state index contributed by atoms with van der Waals surface area (Å²) in [7, 11) is 0. The third-order valence-electron chi connectivity index (χ3n) is 2.46. The normalized spacial score (nSPS) is 12.2. The monoisotopic (exact) mass is 412 g/mol. The van der Waals surface area contributed by atoms with Crippen LogP contribution in [0.5, 0.6) is 5.75 Å². The van der Waals surface area contributed by atoms with E-state index >= 15 is 0 Å². The largest absolute Gasteiger partial charge is 0.481 e. The van der Waals surface area contributed by atoms with Gasteiger partial charge in [-0.15, -0.1) is 11.3 Å². The first-order valence-electron chi connectivity index (χ1n) is 5.49. The maximum absolute atomic E-state index is 12.2. The Bertz CT molecular complexity index is 657. The molecule has 1 aromatic carbocycles. The summed E-state index contributed by atoms with van der Waals surface area (Å²) in [6.07, 6.45) is -0.681. The molecule has 2 rings (SSSR count). The summed E-state index contributed by atoms with van der Waals surface area (Å²) in [6, 6.07) is 6.54. The van der Waals surface area contributed by atoms with Crippen LogP contribution in [0.15, 0.2) is 28.7 Å². The zero-order chi connectivity index (χ0) is 14.9. The van der Waals surface area contributed by atoms with Gasteiger partial charge >= 0.3 is 0 Å². The third kappa shape index (κ3) is 3.68. The summed E-state index contributed by atoms with van der Waals surface area (Å²) in [5, 5.41) is 0.841. The standard InChI is InChI=1S/C13H8BrCl3O2S/c1-6(13(18)11-2-3-12(17)20-11)19-10-5-8(15)7(14)4-9(10)16/h2-6H,1H3. The molecule has 0 spiro atoms. The number of ether oxygens (including phenoxy) is 1. The first kappa shape index (κ1) is 16.1. The van der Waals surface area contributed by atoms with Crippen molar-refractivity contribution in [2.24, 2.45) is 0 Å². The number of benzene rings is 1. The van der Waals surface area contributed by atoms with Crippen LogP contribution < -0.4 is 4.74 Å². The zero-order valence-corrected chi connectivity index (χ0v) is 14.8. The van der Waals surface area contributed by atoms with Gasteiger partial charge in [0.05, 0.1) is 19.3 Å². The van der Waals surface area contributed by atoms with Crippen LogP contribution in [-0.4, -0.2) is 11.9 Å². The van der Waals surface area contributed by atoms with Gasteiger partial charge in [-0.25, -0.2) is 0 Å². The lowest BCUT2D eigenvalue weighted by Crippen LogP contribution is -2.23. The average Bonchev–Trinajstić information content (AvgIpc) is 2.81. The van der Waals surface area contributed by atoms with Crippen molar-refractivity contribution in [3.8, 4) is 5.75 Å². The van der Waals surface area contributed by atoms with E-state index in [4.69, 9.17) is 39.5 Å². The molecule has 2 aromatic rings. The molecule has 1 aromatic heterocycles. The Hall–Kier alpha value is -0.260. The zero-order valence-electron chi connectivity index (χ0n) is 10.1. The van der Waals surface area contributed by atoms with Gasteiger partial charge in [0, 0.05) is 10.5 Å². The lowest BCUT2D eigenvalue weighted by Gasteiger charge is -2.14. The fourth-order valence-corrected chi connectivity index (χ4v) is 3.38. The SMILES string of the molecule is CC(Oc1cc(Cl)c(Br)cc1Cl)C(=O)c1ccc(Cl)s1. The highest BCUT2D eigenvalue weighted by Crippen LogP contribution is 2.35. The minimum Gasteiger partial charge on any atom is -0.481 e. The fraction of sp³-hybridized carbons (Fsp3) is 0.154. The predicted octanol–water partition coefficient (Wildman–Crippen LogP) is 6.12. The van der Waals surface area contributed by atoms with Crippen molar-refractivity contribution in [2.45, 2.75) is 13.0 Å². The molecule has 0 amide bonds. The number of ketones is 1. The van der Waals surface area contributed by atoms with Crippen molar-refractivity contribution in [3.05, 3.63) is 48.0 Å². The van der Waals surface area contributed by atoms with Crippen LogP contribution in [0.3, 0.4) is 0 Å². The quantitative estimate of drug-likeness (QED) is 0.445. The Morgan fingerprint density at radius 1 is 1.25 bits per heavy atom. The Labute approximate surface area is 143 Å². The van der Waals surface area contributed by atoms with E-state index in [-0.39, 0.29) is 5.78 Å². The molecular formula is C13H8BrCl3O2S. The molecule has 0 radical (unpaired) electrons. The highest BCUT2D eigenvalue weighted by molar-refractivity contribution is 9.10. The minimum absolute atomic E-state index is 0.156. The van der Waals surface area contributed by atoms with E-state index in [1.807, 2.05) is 0 Å². The van der Waals surface area contributed by atoms with Gasteiger partial charge in [0.1, 0.15) is 5.75 Å². The molecule has 0 saturated heterocycles. The number of halogens is 4. The predicted molar refractivity (Wildman–Crippen MR) is 87.9 cm³/mol. The van der Waals surface area contributed by atoms with Crippen LogP contribution in [0.4, 0.5) is 0 Å². The van der Waals surface area contributed by atoms with E-state index < -0.39 is 6.10 Å². The number of hydrogen-bond acceptors (Lipinski definition) is 3. The minimum atomic E-state index is -0.681. The Balaban J connectivity index is 2.17. The van der Waals surface area contributed by atoms with Gasteiger partial charge in [-0.05, 0) is 41.1 Å². The number of thiophene rings is 1. The lowest BCUT2D eigenvalue weighted by molar-refractivity contribution is 0.0822. The second-order valence-corrected chi connectivity index (χ2v) is 7.31. The van der Waals surface area contributed by atoms with E-state index in [1.165, 1.54) is 11.3 Å². The van der Waals surface area contributed by atoms with Crippen molar-refractivity contribution in [1.82, 2.24) is 0 Å². The first-order valence-corrected chi connectivity index (χ1v) is 8.23. The molecule has 0 aliphatic rings. The number of rotatable bonds is 4. The van der Waals surface area contributed by atoms with Gasteiger partial charge in [-0.2, -0.15) is 0 Å². The average molecular weight is 415 g/mol. The van der Waals surface area contributed by atoms with Crippen LogP contribution >= 0.6 is 62.1 Å². The number of Topliss-reactive ketones (excluding diaryl/α,β-unsaturated/α-hetero) is 1. The molecule has 1 heterocycles. The van der Waals surface area contributed by atoms with Crippen molar-refractivity contribution in [1.29, 1.82) is 0 Å². The summed E-state index contributed by atoms with van der Waals surface area (Å²) < 4.78 is 6.81. The first-order chi connectivity index (χ1) is 9.38. The molecule has 0 bridgehead atoms. The maximum Gasteiger partial charge on any atom is 0.212 e. The molecule has 20 heavy (non-hydrogen) atoms. The third-order valence-corrected chi connectivity index (χ3v) is 5.20. The molecule has 106 valence electrons. The van der Waals surface area contributed by atoms with E-state index in [0.717, 1.165) is 0 Å². The number of carbonyl (C=O) groups is 1. The Morgan fingerprint density at radius 2 is 1.95 bits per heavy atom. The molecule has 1 atom stereocenters. The topological polar surface area (TPSA) is 26.3 Å². The van der Waals surface area contributed by atoms with Gasteiger partial charge in [0.25, 0.3) is 0 Å². The molecular weight excluding hydrogens is 406 g/mol. The van der Waals surface area contributed by atoms with Crippen molar-refractivity contribution in [3.63, 3.8) is 0 Å². The van der Waals surface area contributed by atoms with Gasteiger partial charge in [0.15, 0.2) is 6.10 Å². The highest BCUT2D eigenvalue weighted by Gasteiger charge is 2.20. The number of hydrogen-bond donors (Lipinski definition) is 0. The van der Waals surface area contributed by atoms with E-state index in [9.17, 15) is 4.79 Å². The van der Waals surface area contributed by atoms with Crippen molar-refractivity contribution < 1.29 is 9.53 Å². The molecule has 0 aliphatic carbocycles. The van der Waals surface area contributed by atoms with Crippen molar-refractivity contribution in [2.75, 3.05) is 0 Å². The molecule has 2 nitrogen and oxygen atoms in total. The highest BCUT2D eigenvalue weighted by atomic mass is 79.9. The smallest absolute Gasteiger partial charge is 0.212 e. The number of carbonyl (C=O) groups excluding carboxylic acids is 1. The van der Waals surface area contributed by atoms with Crippen LogP contribution in [0.1, 0.15) is 16.6 Å². The maximum atomic E-state index is 12.2. The van der Waals surface area contributed by atoms with Crippen LogP contribution in [-0.2, 0) is 0 Å². The van der Waals surface area contributed by atoms with E-state index in [0.29, 0.717) is 29.5 Å².